The van der Waals surface area contributed by atoms with E-state index < -0.39 is 0 Å². The monoisotopic (exact) mass is 494 g/mol. The van der Waals surface area contributed by atoms with Gasteiger partial charge in [-0.05, 0) is 86.9 Å². The summed E-state index contributed by atoms with van der Waals surface area (Å²) in [6.45, 7) is 4.52. The summed E-state index contributed by atoms with van der Waals surface area (Å²) in [7, 11) is 0. The van der Waals surface area contributed by atoms with E-state index in [4.69, 9.17) is 12.2 Å². The third-order valence-electron chi connectivity index (χ3n) is 6.73. The van der Waals surface area contributed by atoms with Gasteiger partial charge in [-0.25, -0.2) is 0 Å². The van der Waals surface area contributed by atoms with Crippen LogP contribution in [0.1, 0.15) is 66.5 Å². The molecule has 2 fully saturated rings. The molecule has 1 aliphatic carbocycles. The maximum absolute atomic E-state index is 5.87. The number of aromatic nitrogens is 2. The van der Waals surface area contributed by atoms with Crippen molar-refractivity contribution in [1.29, 1.82) is 0 Å². The zero-order valence-electron chi connectivity index (χ0n) is 17.9. The van der Waals surface area contributed by atoms with Gasteiger partial charge in [-0.15, -0.1) is 0 Å². The van der Waals surface area contributed by atoms with E-state index >= 15 is 0 Å². The summed E-state index contributed by atoms with van der Waals surface area (Å²) in [6, 6.07) is 17.5. The Labute approximate surface area is 197 Å². The van der Waals surface area contributed by atoms with Crippen molar-refractivity contribution in [2.75, 3.05) is 4.90 Å². The number of hydrogen-bond acceptors (Lipinski definition) is 2. The molecule has 2 aliphatic rings. The molecule has 4 nitrogen and oxygen atoms in total. The highest BCUT2D eigenvalue weighted by Gasteiger charge is 2.42. The van der Waals surface area contributed by atoms with Gasteiger partial charge in [0.25, 0.3) is 0 Å². The average Bonchev–Trinajstić information content (AvgIpc) is 3.47. The molecule has 0 spiro atoms. The maximum Gasteiger partial charge on any atom is 0.174 e. The lowest BCUT2D eigenvalue weighted by atomic mass is 9.96. The van der Waals surface area contributed by atoms with Gasteiger partial charge >= 0.3 is 0 Å². The molecule has 1 saturated heterocycles. The molecular formula is C25H27BrN4S. The van der Waals surface area contributed by atoms with Gasteiger partial charge in [-0.2, -0.15) is 0 Å². The summed E-state index contributed by atoms with van der Waals surface area (Å²) in [5.74, 6) is 0. The first kappa shape index (κ1) is 20.7. The first-order chi connectivity index (χ1) is 15.0. The minimum atomic E-state index is -0.00475. The van der Waals surface area contributed by atoms with Crippen LogP contribution >= 0.6 is 28.1 Å². The Kier molecular flexibility index (Phi) is 5.61. The van der Waals surface area contributed by atoms with Crippen LogP contribution in [0.3, 0.4) is 0 Å². The number of anilines is 1. The second-order valence-electron chi connectivity index (χ2n) is 8.61. The summed E-state index contributed by atoms with van der Waals surface area (Å²) in [6.07, 6.45) is 7.07. The number of rotatable bonds is 4. The third kappa shape index (κ3) is 3.70. The predicted molar refractivity (Wildman–Crippen MR) is 133 cm³/mol. The zero-order valence-corrected chi connectivity index (χ0v) is 20.3. The Balaban J connectivity index is 1.64. The highest BCUT2D eigenvalue weighted by atomic mass is 79.9. The first-order valence-electron chi connectivity index (χ1n) is 11.0. The molecule has 1 saturated carbocycles. The van der Waals surface area contributed by atoms with E-state index in [2.05, 4.69) is 85.9 Å². The summed E-state index contributed by atoms with van der Waals surface area (Å²) in [5.41, 5.74) is 6.13. The van der Waals surface area contributed by atoms with Crippen molar-refractivity contribution in [2.45, 2.75) is 57.7 Å². The van der Waals surface area contributed by atoms with Crippen LogP contribution in [0.25, 0.3) is 0 Å². The second kappa shape index (κ2) is 8.40. The van der Waals surface area contributed by atoms with Gasteiger partial charge in [0.2, 0.25) is 0 Å². The number of pyridine rings is 1. The van der Waals surface area contributed by atoms with Crippen LogP contribution in [0.4, 0.5) is 5.69 Å². The summed E-state index contributed by atoms with van der Waals surface area (Å²) in [5, 5.41) is 4.33. The maximum atomic E-state index is 5.87. The van der Waals surface area contributed by atoms with E-state index in [9.17, 15) is 0 Å². The number of hydrogen-bond donors (Lipinski definition) is 1. The molecule has 2 atom stereocenters. The van der Waals surface area contributed by atoms with Gasteiger partial charge in [0, 0.05) is 33.8 Å². The number of halogens is 1. The average molecular weight is 495 g/mol. The van der Waals surface area contributed by atoms with Gasteiger partial charge < -0.3 is 14.8 Å². The van der Waals surface area contributed by atoms with Gasteiger partial charge in [0.1, 0.15) is 0 Å². The molecule has 3 aromatic rings. The zero-order chi connectivity index (χ0) is 21.5. The molecule has 2 aromatic heterocycles. The predicted octanol–water partition coefficient (Wildman–Crippen LogP) is 6.55. The van der Waals surface area contributed by atoms with Crippen LogP contribution < -0.4 is 10.2 Å². The molecule has 1 aromatic carbocycles. The van der Waals surface area contributed by atoms with E-state index in [0.717, 1.165) is 21.0 Å². The van der Waals surface area contributed by atoms with Crippen LogP contribution in [0.15, 0.2) is 59.2 Å². The SMILES string of the molecule is Cc1cc([C@@H]2[C@H](c3ccccn3)NC(=S)N2c2ccc(Br)cc2)c(C)n1C1CCCC1. The van der Waals surface area contributed by atoms with Crippen molar-refractivity contribution in [3.63, 3.8) is 0 Å². The van der Waals surface area contributed by atoms with E-state index in [-0.39, 0.29) is 12.1 Å². The molecule has 0 radical (unpaired) electrons. The highest BCUT2D eigenvalue weighted by molar-refractivity contribution is 9.10. The van der Waals surface area contributed by atoms with Crippen molar-refractivity contribution < 1.29 is 0 Å². The molecule has 31 heavy (non-hydrogen) atoms. The largest absolute Gasteiger partial charge is 0.351 e. The van der Waals surface area contributed by atoms with E-state index in [1.165, 1.54) is 42.6 Å². The Hall–Kier alpha value is -2.18. The number of nitrogens with zero attached hydrogens (tertiary/aromatic N) is 3. The topological polar surface area (TPSA) is 33.1 Å². The van der Waals surface area contributed by atoms with E-state index in [1.54, 1.807) is 0 Å². The standard InChI is InChI=1S/C25H27BrN4S/c1-16-15-21(17(2)29(16)19-7-3-4-8-19)24-23(22-9-5-6-14-27-22)28-25(31)30(24)20-12-10-18(26)11-13-20/h5-6,9-15,19,23-24H,3-4,7-8H2,1-2H3,(H,28,31)/t23-,24+/m0/s1. The van der Waals surface area contributed by atoms with Crippen LogP contribution in [-0.4, -0.2) is 14.7 Å². The molecule has 0 bridgehead atoms. The second-order valence-corrected chi connectivity index (χ2v) is 9.91. The molecule has 1 N–H and O–H groups in total. The van der Waals surface area contributed by atoms with Gasteiger partial charge in [-0.1, -0.05) is 34.8 Å². The van der Waals surface area contributed by atoms with E-state index in [0.29, 0.717) is 6.04 Å². The molecule has 0 unspecified atom stereocenters. The molecule has 160 valence electrons. The minimum Gasteiger partial charge on any atom is -0.351 e. The summed E-state index contributed by atoms with van der Waals surface area (Å²) >= 11 is 9.43. The molecule has 6 heteroatoms. The lowest BCUT2D eigenvalue weighted by molar-refractivity contribution is 0.494. The van der Waals surface area contributed by atoms with Crippen molar-refractivity contribution >= 4 is 38.9 Å². The molecule has 1 aliphatic heterocycles. The Morgan fingerprint density at radius 2 is 1.81 bits per heavy atom. The lowest BCUT2D eigenvalue weighted by Gasteiger charge is -2.28. The molecule has 5 rings (SSSR count). The van der Waals surface area contributed by atoms with E-state index in [1.807, 2.05) is 18.3 Å². The lowest BCUT2D eigenvalue weighted by Crippen LogP contribution is -2.29. The van der Waals surface area contributed by atoms with Crippen LogP contribution in [0, 0.1) is 13.8 Å². The minimum absolute atomic E-state index is 0.00475. The quantitative estimate of drug-likeness (QED) is 0.416. The Morgan fingerprint density at radius 3 is 2.48 bits per heavy atom. The molecule has 3 heterocycles. The fourth-order valence-electron chi connectivity index (χ4n) is 5.38. The van der Waals surface area contributed by atoms with Gasteiger partial charge in [0.05, 0.1) is 17.8 Å². The first-order valence-corrected chi connectivity index (χ1v) is 12.2. The van der Waals surface area contributed by atoms with Gasteiger partial charge in [0.15, 0.2) is 5.11 Å². The normalized spacial score (nSPS) is 21.6. The Morgan fingerprint density at radius 1 is 1.06 bits per heavy atom. The fourth-order valence-corrected chi connectivity index (χ4v) is 5.99. The fraction of sp³-hybridized carbons (Fsp3) is 0.360. The van der Waals surface area contributed by atoms with Crippen LogP contribution in [-0.2, 0) is 0 Å². The van der Waals surface area contributed by atoms with Crippen molar-refractivity contribution in [3.05, 3.63) is 81.8 Å². The van der Waals surface area contributed by atoms with Crippen LogP contribution in [0.5, 0.6) is 0 Å². The summed E-state index contributed by atoms with van der Waals surface area (Å²) in [4.78, 5) is 6.95. The number of nitrogens with one attached hydrogen (secondary N) is 1. The number of benzene rings is 1. The molecular weight excluding hydrogens is 468 g/mol. The smallest absolute Gasteiger partial charge is 0.174 e. The Bertz CT molecular complexity index is 1090. The number of aryl methyl sites for hydroxylation is 1. The van der Waals surface area contributed by atoms with Gasteiger partial charge in [-0.3, -0.25) is 4.98 Å². The highest BCUT2D eigenvalue weighted by Crippen LogP contribution is 2.44. The van der Waals surface area contributed by atoms with Crippen molar-refractivity contribution in [3.8, 4) is 0 Å². The van der Waals surface area contributed by atoms with Crippen LogP contribution in [0.2, 0.25) is 0 Å². The third-order valence-corrected chi connectivity index (χ3v) is 7.58. The van der Waals surface area contributed by atoms with Crippen molar-refractivity contribution in [1.82, 2.24) is 14.9 Å². The summed E-state index contributed by atoms with van der Waals surface area (Å²) < 4.78 is 3.63. The number of thiocarbonyl (C=S) groups is 1. The van der Waals surface area contributed by atoms with Crippen molar-refractivity contribution in [2.24, 2.45) is 0 Å². The molecule has 0 amide bonds.